The number of benzene rings is 2. The third-order valence-corrected chi connectivity index (χ3v) is 6.10. The number of rotatable bonds is 6. The highest BCUT2D eigenvalue weighted by Crippen LogP contribution is 2.30. The predicted octanol–water partition coefficient (Wildman–Crippen LogP) is 4.53. The lowest BCUT2D eigenvalue weighted by atomic mass is 10.00. The van der Waals surface area contributed by atoms with E-state index in [9.17, 15) is 5.11 Å². The molecule has 1 heterocycles. The zero-order valence-electron chi connectivity index (χ0n) is 17.6. The zero-order valence-corrected chi connectivity index (χ0v) is 17.6. The van der Waals surface area contributed by atoms with Crippen LogP contribution in [-0.2, 0) is 12.8 Å². The second kappa shape index (κ2) is 10.6. The maximum Gasteiger partial charge on any atom is 0.0558 e. The molecule has 0 amide bonds. The van der Waals surface area contributed by atoms with Crippen LogP contribution in [0.1, 0.15) is 44.2 Å². The Bertz CT molecular complexity index is 676. The first-order valence-electron chi connectivity index (χ1n) is 11.1. The molecule has 2 aliphatic rings. The van der Waals surface area contributed by atoms with E-state index in [2.05, 4.69) is 64.4 Å². The summed E-state index contributed by atoms with van der Waals surface area (Å²) in [6.45, 7) is 7.25. The Morgan fingerprint density at radius 3 is 2.21 bits per heavy atom. The molecule has 2 aromatic carbocycles. The first-order valence-corrected chi connectivity index (χ1v) is 11.1. The molecule has 1 aliphatic carbocycles. The minimum absolute atomic E-state index is 0.261. The number of piperidine rings is 1. The summed E-state index contributed by atoms with van der Waals surface area (Å²) in [5.74, 6) is 0. The number of fused-ring (bicyclic) bond motifs is 1. The van der Waals surface area contributed by atoms with Crippen LogP contribution in [0.25, 0.3) is 0 Å². The van der Waals surface area contributed by atoms with Gasteiger partial charge in [0.1, 0.15) is 0 Å². The molecule has 0 spiro atoms. The van der Waals surface area contributed by atoms with Crippen LogP contribution >= 0.6 is 0 Å². The van der Waals surface area contributed by atoms with Crippen LogP contribution < -0.4 is 4.90 Å². The van der Waals surface area contributed by atoms with E-state index in [1.165, 1.54) is 36.1 Å². The lowest BCUT2D eigenvalue weighted by Crippen LogP contribution is -2.50. The van der Waals surface area contributed by atoms with Crippen LogP contribution in [0.15, 0.2) is 54.6 Å². The Kier molecular flexibility index (Phi) is 7.93. The Morgan fingerprint density at radius 1 is 0.929 bits per heavy atom. The van der Waals surface area contributed by atoms with Gasteiger partial charge in [-0.3, -0.25) is 4.90 Å². The highest BCUT2D eigenvalue weighted by Gasteiger charge is 2.31. The van der Waals surface area contributed by atoms with Crippen molar-refractivity contribution in [3.8, 4) is 0 Å². The van der Waals surface area contributed by atoms with Crippen LogP contribution in [0.2, 0.25) is 0 Å². The van der Waals surface area contributed by atoms with Gasteiger partial charge in [-0.1, -0.05) is 62.7 Å². The Hall–Kier alpha value is -1.84. The molecular formula is C25H36N2O. The van der Waals surface area contributed by atoms with Crippen molar-refractivity contribution in [2.45, 2.75) is 58.0 Å². The van der Waals surface area contributed by atoms with E-state index in [-0.39, 0.29) is 6.61 Å². The maximum absolute atomic E-state index is 9.46. The summed E-state index contributed by atoms with van der Waals surface area (Å²) >= 11 is 0. The van der Waals surface area contributed by atoms with Crippen molar-refractivity contribution in [1.82, 2.24) is 4.90 Å². The molecule has 1 unspecified atom stereocenters. The zero-order chi connectivity index (χ0) is 19.8. The van der Waals surface area contributed by atoms with Crippen molar-refractivity contribution in [1.29, 1.82) is 0 Å². The standard InChI is InChI=1S/C23H30N2O.C2H6/c26-15-14-24-13-7-6-12-22(24)18-25(21-10-2-1-3-11-21)23-16-19-8-4-5-9-20(19)17-23;1-2/h1-5,8-11,22-23,26H,6-7,12-18H2;1-2H3. The summed E-state index contributed by atoms with van der Waals surface area (Å²) in [7, 11) is 0. The molecule has 1 saturated heterocycles. The van der Waals surface area contributed by atoms with Gasteiger partial charge in [-0.05, 0) is 55.5 Å². The number of para-hydroxylation sites is 1. The summed E-state index contributed by atoms with van der Waals surface area (Å²) < 4.78 is 0. The largest absolute Gasteiger partial charge is 0.395 e. The van der Waals surface area contributed by atoms with E-state index in [0.717, 1.165) is 32.5 Å². The predicted molar refractivity (Wildman–Crippen MR) is 119 cm³/mol. The molecule has 1 N–H and O–H groups in total. The van der Waals surface area contributed by atoms with E-state index in [0.29, 0.717) is 12.1 Å². The molecule has 3 nitrogen and oxygen atoms in total. The summed E-state index contributed by atoms with van der Waals surface area (Å²) in [6, 6.07) is 20.9. The smallest absolute Gasteiger partial charge is 0.0558 e. The van der Waals surface area contributed by atoms with Crippen molar-refractivity contribution in [3.05, 3.63) is 65.7 Å². The number of aliphatic hydroxyl groups excluding tert-OH is 1. The third-order valence-electron chi connectivity index (χ3n) is 6.10. The van der Waals surface area contributed by atoms with Crippen LogP contribution in [0, 0.1) is 0 Å². The van der Waals surface area contributed by atoms with Crippen LogP contribution in [0.5, 0.6) is 0 Å². The summed E-state index contributed by atoms with van der Waals surface area (Å²) in [5, 5.41) is 9.46. The molecule has 1 fully saturated rings. The summed E-state index contributed by atoms with van der Waals surface area (Å²) in [4.78, 5) is 5.14. The van der Waals surface area contributed by atoms with Gasteiger partial charge < -0.3 is 10.0 Å². The van der Waals surface area contributed by atoms with Gasteiger partial charge in [-0.2, -0.15) is 0 Å². The molecule has 28 heavy (non-hydrogen) atoms. The van der Waals surface area contributed by atoms with Gasteiger partial charge in [0.15, 0.2) is 0 Å². The molecule has 0 aromatic heterocycles. The fourth-order valence-corrected chi connectivity index (χ4v) is 4.76. The number of hydrogen-bond donors (Lipinski definition) is 1. The molecule has 0 radical (unpaired) electrons. The van der Waals surface area contributed by atoms with Gasteiger partial charge in [0.25, 0.3) is 0 Å². The SMILES string of the molecule is CC.OCCN1CCCCC1CN(c1ccccc1)C1Cc2ccccc2C1. The maximum atomic E-state index is 9.46. The molecule has 3 heteroatoms. The second-order valence-electron chi connectivity index (χ2n) is 7.73. The van der Waals surface area contributed by atoms with Crippen molar-refractivity contribution in [2.24, 2.45) is 0 Å². The molecule has 0 saturated carbocycles. The average Bonchev–Trinajstić information content (AvgIpc) is 3.19. The molecule has 0 bridgehead atoms. The topological polar surface area (TPSA) is 26.7 Å². The first-order chi connectivity index (χ1) is 13.8. The fraction of sp³-hybridized carbons (Fsp3) is 0.520. The van der Waals surface area contributed by atoms with E-state index in [1.807, 2.05) is 13.8 Å². The minimum atomic E-state index is 0.261. The van der Waals surface area contributed by atoms with Crippen molar-refractivity contribution in [3.63, 3.8) is 0 Å². The number of nitrogens with zero attached hydrogens (tertiary/aromatic N) is 2. The number of likely N-dealkylation sites (tertiary alicyclic amines) is 1. The monoisotopic (exact) mass is 380 g/mol. The van der Waals surface area contributed by atoms with Crippen LogP contribution in [-0.4, -0.2) is 48.3 Å². The van der Waals surface area contributed by atoms with E-state index < -0.39 is 0 Å². The number of β-amino-alcohol motifs (C(OH)–C–C–N with tert-alkyl or cyclic N) is 1. The van der Waals surface area contributed by atoms with E-state index >= 15 is 0 Å². The lowest BCUT2D eigenvalue weighted by Gasteiger charge is -2.41. The highest BCUT2D eigenvalue weighted by atomic mass is 16.3. The van der Waals surface area contributed by atoms with Crippen molar-refractivity contribution in [2.75, 3.05) is 31.1 Å². The summed E-state index contributed by atoms with van der Waals surface area (Å²) in [5.41, 5.74) is 4.35. The van der Waals surface area contributed by atoms with Gasteiger partial charge in [-0.25, -0.2) is 0 Å². The van der Waals surface area contributed by atoms with Crippen LogP contribution in [0.3, 0.4) is 0 Å². The molecule has 4 rings (SSSR count). The molecule has 152 valence electrons. The van der Waals surface area contributed by atoms with Crippen molar-refractivity contribution >= 4 is 5.69 Å². The van der Waals surface area contributed by atoms with Gasteiger partial charge in [-0.15, -0.1) is 0 Å². The van der Waals surface area contributed by atoms with Crippen molar-refractivity contribution < 1.29 is 5.11 Å². The third kappa shape index (κ3) is 4.95. The number of aliphatic hydroxyl groups is 1. The minimum Gasteiger partial charge on any atom is -0.395 e. The average molecular weight is 381 g/mol. The van der Waals surface area contributed by atoms with Gasteiger partial charge in [0.05, 0.1) is 6.61 Å². The molecule has 1 atom stereocenters. The quantitative estimate of drug-likeness (QED) is 0.797. The number of anilines is 1. The Morgan fingerprint density at radius 2 is 1.57 bits per heavy atom. The fourth-order valence-electron chi connectivity index (χ4n) is 4.76. The Labute approximate surface area is 171 Å². The first kappa shape index (κ1) is 20.9. The Balaban J connectivity index is 0.00000109. The second-order valence-corrected chi connectivity index (χ2v) is 7.73. The molecule has 1 aliphatic heterocycles. The van der Waals surface area contributed by atoms with E-state index in [4.69, 9.17) is 0 Å². The summed E-state index contributed by atoms with van der Waals surface area (Å²) in [6.07, 6.45) is 6.08. The molecule has 2 aromatic rings. The molecular weight excluding hydrogens is 344 g/mol. The van der Waals surface area contributed by atoms with Gasteiger partial charge in [0.2, 0.25) is 0 Å². The lowest BCUT2D eigenvalue weighted by molar-refractivity contribution is 0.118. The highest BCUT2D eigenvalue weighted by molar-refractivity contribution is 5.50. The van der Waals surface area contributed by atoms with Crippen LogP contribution in [0.4, 0.5) is 5.69 Å². The van der Waals surface area contributed by atoms with Gasteiger partial charge >= 0.3 is 0 Å². The normalized spacial score (nSPS) is 19.6. The van der Waals surface area contributed by atoms with Gasteiger partial charge in [0, 0.05) is 30.9 Å². The number of hydrogen-bond acceptors (Lipinski definition) is 3. The van der Waals surface area contributed by atoms with E-state index in [1.54, 1.807) is 0 Å².